The maximum Gasteiger partial charge on any atom is 0.247 e. The van der Waals surface area contributed by atoms with E-state index in [1.165, 1.54) is 12.8 Å². The van der Waals surface area contributed by atoms with Crippen molar-refractivity contribution in [1.29, 1.82) is 0 Å². The normalized spacial score (nSPS) is 27.2. The summed E-state index contributed by atoms with van der Waals surface area (Å²) in [6.07, 6.45) is 10.7. The van der Waals surface area contributed by atoms with Crippen LogP contribution in [0.25, 0.3) is 6.08 Å². The van der Waals surface area contributed by atoms with Gasteiger partial charge in [-0.15, -0.1) is 0 Å². The second-order valence-corrected chi connectivity index (χ2v) is 7.19. The molecule has 0 spiro atoms. The fourth-order valence-corrected chi connectivity index (χ4v) is 4.35. The Labute approximate surface area is 141 Å². The lowest BCUT2D eigenvalue weighted by Crippen LogP contribution is -2.43. The molecule has 2 unspecified atom stereocenters. The molecule has 2 atom stereocenters. The van der Waals surface area contributed by atoms with Crippen molar-refractivity contribution in [3.8, 4) is 11.5 Å². The molecule has 5 rings (SSSR count). The number of amides is 1. The van der Waals surface area contributed by atoms with Gasteiger partial charge in [-0.1, -0.05) is 17.2 Å². The molecule has 1 saturated carbocycles. The van der Waals surface area contributed by atoms with Crippen molar-refractivity contribution in [2.75, 3.05) is 6.79 Å². The molecule has 4 aliphatic rings. The lowest BCUT2D eigenvalue weighted by Gasteiger charge is -2.35. The summed E-state index contributed by atoms with van der Waals surface area (Å²) in [5.74, 6) is 1.68. The Morgan fingerprint density at radius 2 is 1.79 bits per heavy atom. The fraction of sp³-hybridized carbons (Fsp3) is 0.450. The fourth-order valence-electron chi connectivity index (χ4n) is 4.35. The van der Waals surface area contributed by atoms with Gasteiger partial charge in [0, 0.05) is 18.2 Å². The molecule has 3 fully saturated rings. The number of ether oxygens (including phenoxy) is 2. The van der Waals surface area contributed by atoms with E-state index in [1.54, 1.807) is 17.2 Å². The van der Waals surface area contributed by atoms with Crippen LogP contribution in [0.4, 0.5) is 0 Å². The van der Waals surface area contributed by atoms with Crippen LogP contribution in [0.3, 0.4) is 0 Å². The molecule has 4 nitrogen and oxygen atoms in total. The zero-order valence-corrected chi connectivity index (χ0v) is 13.7. The highest BCUT2D eigenvalue weighted by Crippen LogP contribution is 2.44. The number of piperidine rings is 1. The van der Waals surface area contributed by atoms with Gasteiger partial charge in [-0.25, -0.2) is 0 Å². The monoisotopic (exact) mass is 323 g/mol. The number of fused-ring (bicyclic) bond motifs is 3. The highest BCUT2D eigenvalue weighted by Gasteiger charge is 2.41. The highest BCUT2D eigenvalue weighted by molar-refractivity contribution is 5.92. The lowest BCUT2D eigenvalue weighted by molar-refractivity contribution is -0.129. The summed E-state index contributed by atoms with van der Waals surface area (Å²) in [7, 11) is 0. The van der Waals surface area contributed by atoms with E-state index >= 15 is 0 Å². The molecule has 3 heterocycles. The van der Waals surface area contributed by atoms with Crippen LogP contribution in [0.15, 0.2) is 35.4 Å². The molecule has 0 radical (unpaired) electrons. The molecule has 2 saturated heterocycles. The second-order valence-electron chi connectivity index (χ2n) is 7.19. The molecule has 4 heteroatoms. The van der Waals surface area contributed by atoms with E-state index in [1.807, 2.05) is 24.3 Å². The minimum atomic E-state index is 0.153. The van der Waals surface area contributed by atoms with Crippen LogP contribution < -0.4 is 9.47 Å². The third-order valence-electron chi connectivity index (χ3n) is 5.65. The summed E-state index contributed by atoms with van der Waals surface area (Å²) >= 11 is 0. The van der Waals surface area contributed by atoms with E-state index in [0.717, 1.165) is 42.7 Å². The topological polar surface area (TPSA) is 38.8 Å². The standard InChI is InChI=1S/C20H21NO3/c22-20(8-2-13-1-7-18-19(9-13)24-12-23-18)21-16-5-6-17(21)11-15(10-16)14-3-4-14/h1-2,7-9,16-17H,3-6,10-12H2. The Morgan fingerprint density at radius 1 is 1.04 bits per heavy atom. The maximum absolute atomic E-state index is 12.7. The second kappa shape index (κ2) is 5.40. The number of hydrogen-bond donors (Lipinski definition) is 0. The van der Waals surface area contributed by atoms with Gasteiger partial charge in [0.1, 0.15) is 0 Å². The largest absolute Gasteiger partial charge is 0.454 e. The lowest BCUT2D eigenvalue weighted by atomic mass is 9.95. The predicted molar refractivity (Wildman–Crippen MR) is 90.7 cm³/mol. The van der Waals surface area contributed by atoms with Crippen LogP contribution >= 0.6 is 0 Å². The number of allylic oxidation sites excluding steroid dienone is 1. The molecule has 0 aromatic heterocycles. The van der Waals surface area contributed by atoms with E-state index < -0.39 is 0 Å². The number of nitrogens with zero attached hydrogens (tertiary/aromatic N) is 1. The molecule has 124 valence electrons. The number of rotatable bonds is 2. The smallest absolute Gasteiger partial charge is 0.247 e. The van der Waals surface area contributed by atoms with Crippen molar-refractivity contribution in [3.63, 3.8) is 0 Å². The van der Waals surface area contributed by atoms with Gasteiger partial charge in [0.15, 0.2) is 11.5 Å². The number of hydrogen-bond acceptors (Lipinski definition) is 3. The number of benzene rings is 1. The van der Waals surface area contributed by atoms with Gasteiger partial charge in [-0.05, 0) is 62.3 Å². The SMILES string of the molecule is O=C(C=Cc1ccc2c(c1)OCO2)N1C2CCC1CC(=C1CC1)C2. The third kappa shape index (κ3) is 2.41. The third-order valence-corrected chi connectivity index (χ3v) is 5.65. The van der Waals surface area contributed by atoms with Gasteiger partial charge < -0.3 is 14.4 Å². The number of carbonyl (C=O) groups excluding carboxylic acids is 1. The average molecular weight is 323 g/mol. The molecule has 1 aliphatic carbocycles. The first-order valence-electron chi connectivity index (χ1n) is 8.88. The van der Waals surface area contributed by atoms with Crippen molar-refractivity contribution in [2.45, 2.75) is 50.6 Å². The summed E-state index contributed by atoms with van der Waals surface area (Å²) in [5.41, 5.74) is 4.30. The molecular formula is C20H21NO3. The maximum atomic E-state index is 12.7. The molecular weight excluding hydrogens is 302 g/mol. The van der Waals surface area contributed by atoms with Crippen LogP contribution in [-0.4, -0.2) is 29.7 Å². The zero-order chi connectivity index (χ0) is 16.1. The first-order chi connectivity index (χ1) is 11.8. The van der Waals surface area contributed by atoms with Crippen LogP contribution in [-0.2, 0) is 4.79 Å². The highest BCUT2D eigenvalue weighted by atomic mass is 16.7. The summed E-state index contributed by atoms with van der Waals surface area (Å²) in [4.78, 5) is 14.9. The molecule has 0 N–H and O–H groups in total. The van der Waals surface area contributed by atoms with Crippen LogP contribution in [0.5, 0.6) is 11.5 Å². The predicted octanol–water partition coefficient (Wildman–Crippen LogP) is 3.67. The van der Waals surface area contributed by atoms with E-state index in [0.29, 0.717) is 12.1 Å². The van der Waals surface area contributed by atoms with Crippen molar-refractivity contribution < 1.29 is 14.3 Å². The molecule has 2 bridgehead atoms. The van der Waals surface area contributed by atoms with Crippen molar-refractivity contribution >= 4 is 12.0 Å². The van der Waals surface area contributed by atoms with Gasteiger partial charge in [0.05, 0.1) is 0 Å². The van der Waals surface area contributed by atoms with Gasteiger partial charge in [-0.2, -0.15) is 0 Å². The average Bonchev–Trinajstić information content (AvgIpc) is 3.28. The van der Waals surface area contributed by atoms with E-state index in [4.69, 9.17) is 9.47 Å². The molecule has 1 aromatic carbocycles. The van der Waals surface area contributed by atoms with Crippen molar-refractivity contribution in [1.82, 2.24) is 4.90 Å². The van der Waals surface area contributed by atoms with Crippen LogP contribution in [0, 0.1) is 0 Å². The Balaban J connectivity index is 1.31. The van der Waals surface area contributed by atoms with Gasteiger partial charge >= 0.3 is 0 Å². The Morgan fingerprint density at radius 3 is 2.54 bits per heavy atom. The molecule has 24 heavy (non-hydrogen) atoms. The minimum Gasteiger partial charge on any atom is -0.454 e. The number of carbonyl (C=O) groups is 1. The van der Waals surface area contributed by atoms with E-state index in [2.05, 4.69) is 4.90 Å². The van der Waals surface area contributed by atoms with Gasteiger partial charge in [0.2, 0.25) is 12.7 Å². The van der Waals surface area contributed by atoms with Crippen molar-refractivity contribution in [3.05, 3.63) is 41.0 Å². The minimum absolute atomic E-state index is 0.153. The van der Waals surface area contributed by atoms with Gasteiger partial charge in [0.25, 0.3) is 0 Å². The van der Waals surface area contributed by atoms with Crippen LogP contribution in [0.1, 0.15) is 44.1 Å². The summed E-state index contributed by atoms with van der Waals surface area (Å²) in [6, 6.07) is 6.61. The Kier molecular flexibility index (Phi) is 3.18. The summed E-state index contributed by atoms with van der Waals surface area (Å²) in [5, 5.41) is 0. The summed E-state index contributed by atoms with van der Waals surface area (Å²) < 4.78 is 10.7. The Bertz CT molecular complexity index is 742. The quantitative estimate of drug-likeness (QED) is 0.616. The summed E-state index contributed by atoms with van der Waals surface area (Å²) in [6.45, 7) is 0.274. The molecule has 3 aliphatic heterocycles. The first-order valence-corrected chi connectivity index (χ1v) is 8.88. The van der Waals surface area contributed by atoms with Crippen LogP contribution in [0.2, 0.25) is 0 Å². The molecule has 1 amide bonds. The first kappa shape index (κ1) is 14.1. The van der Waals surface area contributed by atoms with Gasteiger partial charge in [-0.3, -0.25) is 4.79 Å². The zero-order valence-electron chi connectivity index (χ0n) is 13.7. The van der Waals surface area contributed by atoms with E-state index in [9.17, 15) is 4.79 Å². The van der Waals surface area contributed by atoms with Crippen molar-refractivity contribution in [2.24, 2.45) is 0 Å². The van der Waals surface area contributed by atoms with E-state index in [-0.39, 0.29) is 12.7 Å². The molecule has 1 aromatic rings. The Hall–Kier alpha value is -2.23.